The van der Waals surface area contributed by atoms with Crippen molar-refractivity contribution in [3.63, 3.8) is 0 Å². The van der Waals surface area contributed by atoms with E-state index in [4.69, 9.17) is 4.74 Å². The van der Waals surface area contributed by atoms with E-state index in [0.717, 1.165) is 6.07 Å². The molecule has 1 N–H and O–H groups in total. The summed E-state index contributed by atoms with van der Waals surface area (Å²) < 4.78 is 43.2. The number of alkyl halides is 3. The van der Waals surface area contributed by atoms with Crippen LogP contribution in [0, 0.1) is 0 Å². The van der Waals surface area contributed by atoms with Gasteiger partial charge in [0.25, 0.3) is 0 Å². The lowest BCUT2D eigenvalue weighted by atomic mass is 9.88. The van der Waals surface area contributed by atoms with Crippen LogP contribution in [0.5, 0.6) is 0 Å². The minimum absolute atomic E-state index is 0.142. The third-order valence-electron chi connectivity index (χ3n) is 2.70. The third-order valence-corrected chi connectivity index (χ3v) is 2.70. The van der Waals surface area contributed by atoms with Gasteiger partial charge in [-0.2, -0.15) is 13.2 Å². The van der Waals surface area contributed by atoms with E-state index in [1.54, 1.807) is 6.92 Å². The van der Waals surface area contributed by atoms with Crippen LogP contribution in [0.15, 0.2) is 24.3 Å². The SMILES string of the molecule is CCC(O)(COC)c1ccccc1C(F)(F)F. The largest absolute Gasteiger partial charge is 0.416 e. The molecule has 96 valence electrons. The first-order valence-electron chi connectivity index (χ1n) is 5.23. The molecule has 0 radical (unpaired) electrons. The fourth-order valence-corrected chi connectivity index (χ4v) is 1.75. The van der Waals surface area contributed by atoms with Gasteiger partial charge in [-0.25, -0.2) is 0 Å². The van der Waals surface area contributed by atoms with Gasteiger partial charge in [0.05, 0.1) is 12.2 Å². The first-order chi connectivity index (χ1) is 7.85. The topological polar surface area (TPSA) is 29.5 Å². The molecule has 1 atom stereocenters. The first kappa shape index (κ1) is 14.0. The molecule has 0 bridgehead atoms. The van der Waals surface area contributed by atoms with Crippen LogP contribution in [0.25, 0.3) is 0 Å². The van der Waals surface area contributed by atoms with Crippen molar-refractivity contribution in [2.24, 2.45) is 0 Å². The van der Waals surface area contributed by atoms with Crippen LogP contribution in [0.4, 0.5) is 13.2 Å². The third kappa shape index (κ3) is 2.98. The predicted octanol–water partition coefficient (Wildman–Crippen LogP) is 2.95. The van der Waals surface area contributed by atoms with Gasteiger partial charge in [0.15, 0.2) is 0 Å². The van der Waals surface area contributed by atoms with Crippen molar-refractivity contribution in [1.82, 2.24) is 0 Å². The summed E-state index contributed by atoms with van der Waals surface area (Å²) in [7, 11) is 1.34. The van der Waals surface area contributed by atoms with E-state index in [2.05, 4.69) is 0 Å². The number of hydrogen-bond donors (Lipinski definition) is 1. The summed E-state index contributed by atoms with van der Waals surface area (Å²) in [6.45, 7) is 1.45. The van der Waals surface area contributed by atoms with Gasteiger partial charge in [0.1, 0.15) is 5.60 Å². The second-order valence-electron chi connectivity index (χ2n) is 3.86. The molecule has 0 fully saturated rings. The van der Waals surface area contributed by atoms with Gasteiger partial charge in [-0.1, -0.05) is 25.1 Å². The molecule has 0 aromatic heterocycles. The highest BCUT2D eigenvalue weighted by molar-refractivity contribution is 5.34. The van der Waals surface area contributed by atoms with Crippen LogP contribution >= 0.6 is 0 Å². The predicted molar refractivity (Wildman–Crippen MR) is 57.5 cm³/mol. The minimum atomic E-state index is -4.48. The van der Waals surface area contributed by atoms with E-state index in [-0.39, 0.29) is 18.6 Å². The molecule has 0 amide bonds. The zero-order valence-electron chi connectivity index (χ0n) is 9.71. The van der Waals surface area contributed by atoms with Crippen molar-refractivity contribution < 1.29 is 23.0 Å². The van der Waals surface area contributed by atoms with Crippen molar-refractivity contribution >= 4 is 0 Å². The van der Waals surface area contributed by atoms with Gasteiger partial charge in [0, 0.05) is 7.11 Å². The molecule has 0 aliphatic heterocycles. The van der Waals surface area contributed by atoms with Gasteiger partial charge in [-0.05, 0) is 18.1 Å². The summed E-state index contributed by atoms with van der Waals surface area (Å²) in [6, 6.07) is 5.02. The molecule has 0 aliphatic carbocycles. The Balaban J connectivity index is 3.29. The summed E-state index contributed by atoms with van der Waals surface area (Å²) in [5.74, 6) is 0. The maximum absolute atomic E-state index is 12.8. The molecule has 0 spiro atoms. The summed E-state index contributed by atoms with van der Waals surface area (Å²) in [4.78, 5) is 0. The number of halogens is 3. The number of methoxy groups -OCH3 is 1. The normalized spacial score (nSPS) is 15.6. The van der Waals surface area contributed by atoms with E-state index < -0.39 is 17.3 Å². The molecule has 0 aliphatic rings. The van der Waals surface area contributed by atoms with Crippen molar-refractivity contribution in [3.8, 4) is 0 Å². The van der Waals surface area contributed by atoms with Crippen LogP contribution < -0.4 is 0 Å². The Hall–Kier alpha value is -1.07. The Morgan fingerprint density at radius 1 is 1.18 bits per heavy atom. The highest BCUT2D eigenvalue weighted by Gasteiger charge is 2.39. The summed E-state index contributed by atoms with van der Waals surface area (Å²) in [6.07, 6.45) is -4.33. The fraction of sp³-hybridized carbons (Fsp3) is 0.500. The monoisotopic (exact) mass is 248 g/mol. The quantitative estimate of drug-likeness (QED) is 0.887. The van der Waals surface area contributed by atoms with Crippen molar-refractivity contribution in [1.29, 1.82) is 0 Å². The van der Waals surface area contributed by atoms with Crippen LogP contribution in [0.2, 0.25) is 0 Å². The molecule has 0 heterocycles. The van der Waals surface area contributed by atoms with E-state index in [1.165, 1.54) is 25.3 Å². The Labute approximate surface area is 98.0 Å². The number of rotatable bonds is 4. The molecule has 1 aromatic rings. The standard InChI is InChI=1S/C12H15F3O2/c1-3-11(16,8-17-2)9-6-4-5-7-10(9)12(13,14)15/h4-7,16H,3,8H2,1-2H3. The maximum atomic E-state index is 12.8. The van der Waals surface area contributed by atoms with Gasteiger partial charge in [0.2, 0.25) is 0 Å². The zero-order valence-corrected chi connectivity index (χ0v) is 9.71. The van der Waals surface area contributed by atoms with E-state index in [9.17, 15) is 18.3 Å². The number of aliphatic hydroxyl groups is 1. The lowest BCUT2D eigenvalue weighted by molar-refractivity contribution is -0.142. The number of ether oxygens (including phenoxy) is 1. The summed E-state index contributed by atoms with van der Waals surface area (Å²) >= 11 is 0. The van der Waals surface area contributed by atoms with Crippen LogP contribution in [0.3, 0.4) is 0 Å². The molecule has 1 aromatic carbocycles. The average Bonchev–Trinajstić information content (AvgIpc) is 2.28. The zero-order chi connectivity index (χ0) is 13.1. The van der Waals surface area contributed by atoms with E-state index in [1.807, 2.05) is 0 Å². The molecule has 1 unspecified atom stereocenters. The lowest BCUT2D eigenvalue weighted by Crippen LogP contribution is -2.33. The highest BCUT2D eigenvalue weighted by Crippen LogP contribution is 2.37. The van der Waals surface area contributed by atoms with E-state index in [0.29, 0.717) is 0 Å². The Kier molecular flexibility index (Phi) is 4.16. The molecule has 0 saturated carbocycles. The summed E-state index contributed by atoms with van der Waals surface area (Å²) in [5.41, 5.74) is -2.57. The lowest BCUT2D eigenvalue weighted by Gasteiger charge is -2.29. The smallest absolute Gasteiger partial charge is 0.383 e. The van der Waals surface area contributed by atoms with Crippen LogP contribution in [-0.2, 0) is 16.5 Å². The van der Waals surface area contributed by atoms with Crippen molar-refractivity contribution in [3.05, 3.63) is 35.4 Å². The van der Waals surface area contributed by atoms with Crippen LogP contribution in [0.1, 0.15) is 24.5 Å². The molecular formula is C12H15F3O2. The summed E-state index contributed by atoms with van der Waals surface area (Å²) in [5, 5.41) is 10.2. The molecule has 2 nitrogen and oxygen atoms in total. The number of benzene rings is 1. The van der Waals surface area contributed by atoms with Crippen molar-refractivity contribution in [2.75, 3.05) is 13.7 Å². The van der Waals surface area contributed by atoms with Crippen LogP contribution in [-0.4, -0.2) is 18.8 Å². The van der Waals surface area contributed by atoms with Gasteiger partial charge < -0.3 is 9.84 Å². The molecule has 0 saturated heterocycles. The maximum Gasteiger partial charge on any atom is 0.416 e. The van der Waals surface area contributed by atoms with Gasteiger partial charge in [-0.15, -0.1) is 0 Å². The van der Waals surface area contributed by atoms with Crippen molar-refractivity contribution in [2.45, 2.75) is 25.1 Å². The number of hydrogen-bond acceptors (Lipinski definition) is 2. The Morgan fingerprint density at radius 3 is 2.12 bits per heavy atom. The van der Waals surface area contributed by atoms with E-state index >= 15 is 0 Å². The highest BCUT2D eigenvalue weighted by atomic mass is 19.4. The average molecular weight is 248 g/mol. The molecule has 17 heavy (non-hydrogen) atoms. The second kappa shape index (κ2) is 5.06. The molecular weight excluding hydrogens is 233 g/mol. The second-order valence-corrected chi connectivity index (χ2v) is 3.86. The van der Waals surface area contributed by atoms with Gasteiger partial charge >= 0.3 is 6.18 Å². The molecule has 5 heteroatoms. The van der Waals surface area contributed by atoms with Gasteiger partial charge in [-0.3, -0.25) is 0 Å². The Morgan fingerprint density at radius 2 is 1.71 bits per heavy atom. The fourth-order valence-electron chi connectivity index (χ4n) is 1.75. The first-order valence-corrected chi connectivity index (χ1v) is 5.23. The Bertz CT molecular complexity index is 376. The minimum Gasteiger partial charge on any atom is -0.383 e. The molecule has 1 rings (SSSR count).